The van der Waals surface area contributed by atoms with Crippen molar-refractivity contribution in [1.82, 2.24) is 10.2 Å². The molecule has 9 heteroatoms. The summed E-state index contributed by atoms with van der Waals surface area (Å²) < 4.78 is 35.0. The Hall–Kier alpha value is -3.85. The van der Waals surface area contributed by atoms with Gasteiger partial charge in [-0.25, -0.2) is 8.42 Å². The van der Waals surface area contributed by atoms with Crippen LogP contribution < -0.4 is 14.4 Å². The van der Waals surface area contributed by atoms with Crippen molar-refractivity contribution in [2.24, 2.45) is 0 Å². The highest BCUT2D eigenvalue weighted by molar-refractivity contribution is 7.92. The first kappa shape index (κ1) is 31.7. The Labute approximate surface area is 244 Å². The number of benzene rings is 3. The van der Waals surface area contributed by atoms with Crippen molar-refractivity contribution in [3.05, 3.63) is 89.5 Å². The van der Waals surface area contributed by atoms with Crippen molar-refractivity contribution < 1.29 is 22.7 Å². The summed E-state index contributed by atoms with van der Waals surface area (Å²) in [5, 5.41) is 2.90. The van der Waals surface area contributed by atoms with Crippen molar-refractivity contribution in [3.63, 3.8) is 0 Å². The SMILES string of the molecule is CCCCNC(=O)[C@@H](C)N(Cc1cccc(C)c1)C(=O)CN(c1ccccc1OCC)S(=O)(=O)c1ccc(C)cc1. The van der Waals surface area contributed by atoms with E-state index < -0.39 is 28.5 Å². The van der Waals surface area contributed by atoms with Gasteiger partial charge in [-0.15, -0.1) is 0 Å². The molecule has 3 aromatic rings. The predicted molar refractivity (Wildman–Crippen MR) is 162 cm³/mol. The molecule has 8 nitrogen and oxygen atoms in total. The first-order valence-electron chi connectivity index (χ1n) is 14.0. The molecular weight excluding hydrogens is 538 g/mol. The molecule has 0 heterocycles. The summed E-state index contributed by atoms with van der Waals surface area (Å²) in [5.74, 6) is -0.456. The standard InChI is InChI=1S/C32H41N3O5S/c1-6-8-20-33-32(37)26(5)34(22-27-13-11-12-25(4)21-27)31(36)23-35(29-14-9-10-15-30(29)40-7-2)41(38,39)28-18-16-24(3)17-19-28/h9-19,21,26H,6-8,20,22-23H2,1-5H3,(H,33,37)/t26-/m1/s1. The molecule has 0 bridgehead atoms. The van der Waals surface area contributed by atoms with E-state index in [0.29, 0.717) is 18.9 Å². The Balaban J connectivity index is 2.05. The second-order valence-electron chi connectivity index (χ2n) is 10.1. The van der Waals surface area contributed by atoms with Gasteiger partial charge in [-0.1, -0.05) is 73.0 Å². The molecule has 0 saturated heterocycles. The van der Waals surface area contributed by atoms with Gasteiger partial charge < -0.3 is 15.0 Å². The smallest absolute Gasteiger partial charge is 0.264 e. The molecule has 0 aliphatic rings. The van der Waals surface area contributed by atoms with E-state index in [2.05, 4.69) is 5.32 Å². The van der Waals surface area contributed by atoms with E-state index in [1.165, 1.54) is 17.0 Å². The van der Waals surface area contributed by atoms with Crippen LogP contribution in [-0.4, -0.2) is 50.9 Å². The summed E-state index contributed by atoms with van der Waals surface area (Å²) in [6, 6.07) is 20.1. The summed E-state index contributed by atoms with van der Waals surface area (Å²) in [5.41, 5.74) is 3.02. The number of hydrogen-bond donors (Lipinski definition) is 1. The van der Waals surface area contributed by atoms with Crippen molar-refractivity contribution in [2.45, 2.75) is 64.9 Å². The summed E-state index contributed by atoms with van der Waals surface area (Å²) >= 11 is 0. The maximum atomic E-state index is 14.1. The second kappa shape index (κ2) is 14.7. The van der Waals surface area contributed by atoms with Crippen LogP contribution in [0.15, 0.2) is 77.7 Å². The number of para-hydroxylation sites is 2. The lowest BCUT2D eigenvalue weighted by molar-refractivity contribution is -0.139. The Bertz CT molecular complexity index is 1420. The first-order chi connectivity index (χ1) is 19.6. The number of sulfonamides is 1. The van der Waals surface area contributed by atoms with Gasteiger partial charge in [-0.05, 0) is 63.9 Å². The summed E-state index contributed by atoms with van der Waals surface area (Å²) in [6.07, 6.45) is 1.74. The van der Waals surface area contributed by atoms with E-state index in [4.69, 9.17) is 4.74 Å². The minimum atomic E-state index is -4.18. The van der Waals surface area contributed by atoms with Gasteiger partial charge in [0.2, 0.25) is 11.8 Å². The minimum Gasteiger partial charge on any atom is -0.492 e. The molecular formula is C32H41N3O5S. The van der Waals surface area contributed by atoms with Crippen LogP contribution in [0.4, 0.5) is 5.69 Å². The van der Waals surface area contributed by atoms with E-state index in [1.54, 1.807) is 43.3 Å². The van der Waals surface area contributed by atoms with Crippen LogP contribution in [-0.2, 0) is 26.2 Å². The number of carbonyl (C=O) groups excluding carboxylic acids is 2. The molecule has 0 spiro atoms. The molecule has 41 heavy (non-hydrogen) atoms. The Kier molecular flexibility index (Phi) is 11.3. The van der Waals surface area contributed by atoms with Crippen molar-refractivity contribution in [3.8, 4) is 5.75 Å². The molecule has 0 radical (unpaired) electrons. The zero-order chi connectivity index (χ0) is 30.0. The van der Waals surface area contributed by atoms with Crippen LogP contribution in [0.1, 0.15) is 50.3 Å². The number of anilines is 1. The number of carbonyl (C=O) groups is 2. The maximum absolute atomic E-state index is 14.1. The number of unbranched alkanes of at least 4 members (excludes halogenated alkanes) is 1. The van der Waals surface area contributed by atoms with Crippen LogP contribution >= 0.6 is 0 Å². The monoisotopic (exact) mass is 579 g/mol. The average molecular weight is 580 g/mol. The van der Waals surface area contributed by atoms with Crippen molar-refractivity contribution in [2.75, 3.05) is 24.0 Å². The molecule has 0 aliphatic heterocycles. The van der Waals surface area contributed by atoms with Crippen molar-refractivity contribution >= 4 is 27.5 Å². The lowest BCUT2D eigenvalue weighted by Crippen LogP contribution is -2.51. The van der Waals surface area contributed by atoms with Gasteiger partial charge in [0, 0.05) is 13.1 Å². The van der Waals surface area contributed by atoms with Crippen LogP contribution in [0, 0.1) is 13.8 Å². The summed E-state index contributed by atoms with van der Waals surface area (Å²) in [4.78, 5) is 28.7. The molecule has 3 rings (SSSR count). The number of amides is 2. The predicted octanol–water partition coefficient (Wildman–Crippen LogP) is 5.23. The fourth-order valence-electron chi connectivity index (χ4n) is 4.42. The van der Waals surface area contributed by atoms with Gasteiger partial charge in [0.1, 0.15) is 18.3 Å². The Morgan fingerprint density at radius 2 is 1.63 bits per heavy atom. The topological polar surface area (TPSA) is 96.0 Å². The summed E-state index contributed by atoms with van der Waals surface area (Å²) in [6.45, 7) is 9.79. The number of nitrogens with one attached hydrogen (secondary N) is 1. The van der Waals surface area contributed by atoms with Crippen LogP contribution in [0.2, 0.25) is 0 Å². The third kappa shape index (κ3) is 8.33. The van der Waals surface area contributed by atoms with E-state index in [9.17, 15) is 18.0 Å². The highest BCUT2D eigenvalue weighted by Gasteiger charge is 2.33. The molecule has 3 aromatic carbocycles. The molecule has 1 atom stereocenters. The van der Waals surface area contributed by atoms with E-state index >= 15 is 0 Å². The molecule has 0 fully saturated rings. The van der Waals surface area contributed by atoms with Gasteiger partial charge in [-0.3, -0.25) is 13.9 Å². The minimum absolute atomic E-state index is 0.0535. The molecule has 0 unspecified atom stereocenters. The third-order valence-corrected chi connectivity index (χ3v) is 8.53. The van der Waals surface area contributed by atoms with Crippen molar-refractivity contribution in [1.29, 1.82) is 0 Å². The largest absolute Gasteiger partial charge is 0.492 e. The second-order valence-corrected chi connectivity index (χ2v) is 11.9. The van der Waals surface area contributed by atoms with Gasteiger partial charge in [0.05, 0.1) is 17.2 Å². The fraction of sp³-hybridized carbons (Fsp3) is 0.375. The molecule has 0 aromatic heterocycles. The van der Waals surface area contributed by atoms with Gasteiger partial charge in [0.25, 0.3) is 10.0 Å². The highest BCUT2D eigenvalue weighted by atomic mass is 32.2. The van der Waals surface area contributed by atoms with Crippen LogP contribution in [0.25, 0.3) is 0 Å². The molecule has 220 valence electrons. The highest BCUT2D eigenvalue weighted by Crippen LogP contribution is 2.33. The zero-order valence-electron chi connectivity index (χ0n) is 24.6. The lowest BCUT2D eigenvalue weighted by atomic mass is 10.1. The number of ether oxygens (including phenoxy) is 1. The Morgan fingerprint density at radius 3 is 2.29 bits per heavy atom. The zero-order valence-corrected chi connectivity index (χ0v) is 25.4. The van der Waals surface area contributed by atoms with Crippen LogP contribution in [0.3, 0.4) is 0 Å². The quantitative estimate of drug-likeness (QED) is 0.264. The Morgan fingerprint density at radius 1 is 0.927 bits per heavy atom. The van der Waals surface area contributed by atoms with E-state index in [1.807, 2.05) is 52.0 Å². The number of hydrogen-bond acceptors (Lipinski definition) is 5. The fourth-order valence-corrected chi connectivity index (χ4v) is 5.84. The third-order valence-electron chi connectivity index (χ3n) is 6.75. The molecule has 0 saturated carbocycles. The normalized spacial score (nSPS) is 11.9. The molecule has 2 amide bonds. The number of rotatable bonds is 14. The maximum Gasteiger partial charge on any atom is 0.264 e. The van der Waals surface area contributed by atoms with Gasteiger partial charge in [-0.2, -0.15) is 0 Å². The number of nitrogens with zero attached hydrogens (tertiary/aromatic N) is 2. The first-order valence-corrected chi connectivity index (χ1v) is 15.5. The lowest BCUT2D eigenvalue weighted by Gasteiger charge is -2.32. The van der Waals surface area contributed by atoms with Gasteiger partial charge >= 0.3 is 0 Å². The van der Waals surface area contributed by atoms with E-state index in [-0.39, 0.29) is 23.0 Å². The van der Waals surface area contributed by atoms with Crippen LogP contribution in [0.5, 0.6) is 5.75 Å². The summed E-state index contributed by atoms with van der Waals surface area (Å²) in [7, 11) is -4.18. The molecule has 1 N–H and O–H groups in total. The molecule has 0 aliphatic carbocycles. The average Bonchev–Trinajstić information content (AvgIpc) is 2.95. The van der Waals surface area contributed by atoms with E-state index in [0.717, 1.165) is 33.8 Å². The number of aryl methyl sites for hydroxylation is 2. The van der Waals surface area contributed by atoms with Gasteiger partial charge in [0.15, 0.2) is 0 Å².